The molecule has 3 aromatic carbocycles. The fraction of sp³-hybridized carbons (Fsp3) is 0.0455. The van der Waals surface area contributed by atoms with Gasteiger partial charge in [-0.1, -0.05) is 48.5 Å². The smallest absolute Gasteiger partial charge is 0.204 e. The second-order valence-corrected chi connectivity index (χ2v) is 5.93. The van der Waals surface area contributed by atoms with Gasteiger partial charge in [0.25, 0.3) is 0 Å². The van der Waals surface area contributed by atoms with E-state index in [1.54, 1.807) is 24.3 Å². The zero-order valence-corrected chi connectivity index (χ0v) is 13.9. The molecule has 0 spiro atoms. The summed E-state index contributed by atoms with van der Waals surface area (Å²) in [6, 6.07) is 21.9. The van der Waals surface area contributed by atoms with E-state index in [0.717, 1.165) is 5.56 Å². The van der Waals surface area contributed by atoms with Gasteiger partial charge in [0.2, 0.25) is 5.43 Å². The Kier molecular flexibility index (Phi) is 4.15. The predicted molar refractivity (Wildman–Crippen MR) is 100 cm³/mol. The lowest BCUT2D eigenvalue weighted by Gasteiger charge is -2.08. The predicted octanol–water partition coefficient (Wildman–Crippen LogP) is 4.74. The van der Waals surface area contributed by atoms with Gasteiger partial charge in [-0.3, -0.25) is 4.79 Å². The van der Waals surface area contributed by atoms with E-state index < -0.39 is 0 Å². The van der Waals surface area contributed by atoms with Crippen molar-refractivity contribution in [3.63, 3.8) is 0 Å². The van der Waals surface area contributed by atoms with Crippen LogP contribution in [-0.2, 0) is 6.61 Å². The number of rotatable bonds is 4. The molecule has 0 amide bonds. The fourth-order valence-electron chi connectivity index (χ4n) is 2.83. The van der Waals surface area contributed by atoms with Gasteiger partial charge in [-0.2, -0.15) is 0 Å². The molecule has 1 aromatic heterocycles. The van der Waals surface area contributed by atoms with E-state index >= 15 is 0 Å². The normalized spacial score (nSPS) is 10.8. The lowest BCUT2D eigenvalue weighted by atomic mass is 10.1. The number of fused-ring (bicyclic) bond motifs is 1. The largest absolute Gasteiger partial charge is 0.507 e. The van der Waals surface area contributed by atoms with Crippen LogP contribution < -0.4 is 10.2 Å². The molecule has 0 saturated heterocycles. The summed E-state index contributed by atoms with van der Waals surface area (Å²) in [4.78, 5) is 12.7. The minimum atomic E-state index is -0.262. The first-order valence-corrected chi connectivity index (χ1v) is 8.23. The molecule has 0 radical (unpaired) electrons. The lowest BCUT2D eigenvalue weighted by Crippen LogP contribution is -2.05. The van der Waals surface area contributed by atoms with E-state index in [9.17, 15) is 9.90 Å². The van der Waals surface area contributed by atoms with Crippen molar-refractivity contribution in [2.75, 3.05) is 0 Å². The molecule has 0 aliphatic heterocycles. The van der Waals surface area contributed by atoms with E-state index in [-0.39, 0.29) is 16.6 Å². The van der Waals surface area contributed by atoms with E-state index in [4.69, 9.17) is 9.15 Å². The van der Waals surface area contributed by atoms with E-state index in [2.05, 4.69) is 0 Å². The third-order valence-corrected chi connectivity index (χ3v) is 4.19. The Hall–Kier alpha value is -3.53. The van der Waals surface area contributed by atoms with Gasteiger partial charge in [0.15, 0.2) is 0 Å². The van der Waals surface area contributed by atoms with E-state index in [1.165, 1.54) is 12.3 Å². The van der Waals surface area contributed by atoms with Gasteiger partial charge in [-0.25, -0.2) is 0 Å². The zero-order valence-electron chi connectivity index (χ0n) is 13.9. The highest BCUT2D eigenvalue weighted by Crippen LogP contribution is 2.26. The van der Waals surface area contributed by atoms with Crippen LogP contribution in [0.25, 0.3) is 22.1 Å². The molecular formula is C22H16O4. The number of hydrogen-bond donors (Lipinski definition) is 1. The molecule has 0 bridgehead atoms. The van der Waals surface area contributed by atoms with Crippen molar-refractivity contribution in [1.82, 2.24) is 0 Å². The standard InChI is InChI=1S/C22H16O4/c23-19-7-4-8-20-21(19)22(24)18(14-26-20)16-9-11-17(12-10-16)25-13-15-5-2-1-3-6-15/h1-12,14,23H,13H2. The molecule has 0 aliphatic rings. The fourth-order valence-corrected chi connectivity index (χ4v) is 2.83. The highest BCUT2D eigenvalue weighted by atomic mass is 16.5. The van der Waals surface area contributed by atoms with Crippen molar-refractivity contribution in [1.29, 1.82) is 0 Å². The highest BCUT2D eigenvalue weighted by Gasteiger charge is 2.12. The Balaban J connectivity index is 1.61. The molecule has 4 heteroatoms. The van der Waals surface area contributed by atoms with Gasteiger partial charge in [0.1, 0.15) is 35.3 Å². The van der Waals surface area contributed by atoms with Crippen LogP contribution in [0.1, 0.15) is 5.56 Å². The summed E-state index contributed by atoms with van der Waals surface area (Å²) in [5, 5.41) is 10.2. The molecule has 0 fully saturated rings. The zero-order chi connectivity index (χ0) is 17.9. The van der Waals surface area contributed by atoms with Crippen molar-refractivity contribution >= 4 is 11.0 Å². The summed E-state index contributed by atoms with van der Waals surface area (Å²) in [7, 11) is 0. The van der Waals surface area contributed by atoms with Crippen molar-refractivity contribution in [3.05, 3.63) is 94.8 Å². The van der Waals surface area contributed by atoms with Gasteiger partial charge in [0, 0.05) is 0 Å². The lowest BCUT2D eigenvalue weighted by molar-refractivity contribution is 0.306. The maximum atomic E-state index is 12.7. The van der Waals surface area contributed by atoms with Crippen LogP contribution in [0.4, 0.5) is 0 Å². The monoisotopic (exact) mass is 344 g/mol. The second kappa shape index (κ2) is 6.76. The highest BCUT2D eigenvalue weighted by molar-refractivity contribution is 5.86. The van der Waals surface area contributed by atoms with Gasteiger partial charge < -0.3 is 14.3 Å². The van der Waals surface area contributed by atoms with Gasteiger partial charge in [-0.15, -0.1) is 0 Å². The number of hydrogen-bond acceptors (Lipinski definition) is 4. The molecule has 1 N–H and O–H groups in total. The molecule has 1 heterocycles. The third-order valence-electron chi connectivity index (χ3n) is 4.19. The van der Waals surface area contributed by atoms with Crippen LogP contribution >= 0.6 is 0 Å². The molecule has 0 atom stereocenters. The van der Waals surface area contributed by atoms with Crippen molar-refractivity contribution in [2.45, 2.75) is 6.61 Å². The first kappa shape index (κ1) is 16.0. The number of benzene rings is 3. The van der Waals surface area contributed by atoms with E-state index in [0.29, 0.717) is 29.1 Å². The Morgan fingerprint density at radius 2 is 1.65 bits per heavy atom. The first-order valence-electron chi connectivity index (χ1n) is 8.23. The Labute approximate surface area is 149 Å². The minimum Gasteiger partial charge on any atom is -0.507 e. The maximum absolute atomic E-state index is 12.7. The topological polar surface area (TPSA) is 59.7 Å². The molecule has 0 saturated carbocycles. The van der Waals surface area contributed by atoms with Crippen LogP contribution in [0.15, 0.2) is 88.3 Å². The first-order chi connectivity index (χ1) is 12.7. The van der Waals surface area contributed by atoms with Crippen LogP contribution in [-0.4, -0.2) is 5.11 Å². The van der Waals surface area contributed by atoms with Gasteiger partial charge >= 0.3 is 0 Å². The third kappa shape index (κ3) is 3.05. The van der Waals surface area contributed by atoms with Gasteiger partial charge in [0.05, 0.1) is 5.56 Å². The van der Waals surface area contributed by atoms with E-state index in [1.807, 2.05) is 42.5 Å². The van der Waals surface area contributed by atoms with Crippen LogP contribution in [0, 0.1) is 0 Å². The van der Waals surface area contributed by atoms with Crippen LogP contribution in [0.5, 0.6) is 11.5 Å². The SMILES string of the molecule is O=c1c(-c2ccc(OCc3ccccc3)cc2)coc2cccc(O)c12. The molecule has 0 aliphatic carbocycles. The Bertz CT molecular complexity index is 1100. The molecule has 4 rings (SSSR count). The quantitative estimate of drug-likeness (QED) is 0.581. The van der Waals surface area contributed by atoms with Crippen LogP contribution in [0.3, 0.4) is 0 Å². The van der Waals surface area contributed by atoms with Crippen molar-refractivity contribution in [2.24, 2.45) is 0 Å². The number of ether oxygens (including phenoxy) is 1. The summed E-state index contributed by atoms with van der Waals surface area (Å²) < 4.78 is 11.3. The summed E-state index contributed by atoms with van der Waals surface area (Å²) >= 11 is 0. The summed E-state index contributed by atoms with van der Waals surface area (Å²) in [5.41, 5.74) is 2.29. The second-order valence-electron chi connectivity index (χ2n) is 5.93. The average Bonchev–Trinajstić information content (AvgIpc) is 2.68. The summed E-state index contributed by atoms with van der Waals surface area (Å²) in [5.74, 6) is 0.631. The number of phenolic OH excluding ortho intramolecular Hbond substituents is 1. The number of phenols is 1. The molecule has 0 unspecified atom stereocenters. The van der Waals surface area contributed by atoms with Crippen molar-refractivity contribution in [3.8, 4) is 22.6 Å². The molecular weight excluding hydrogens is 328 g/mol. The Morgan fingerprint density at radius 3 is 2.42 bits per heavy atom. The molecule has 4 aromatic rings. The maximum Gasteiger partial charge on any atom is 0.204 e. The van der Waals surface area contributed by atoms with Crippen molar-refractivity contribution < 1.29 is 14.3 Å². The van der Waals surface area contributed by atoms with Crippen LogP contribution in [0.2, 0.25) is 0 Å². The summed E-state index contributed by atoms with van der Waals surface area (Å²) in [6.07, 6.45) is 1.42. The number of aromatic hydroxyl groups is 1. The average molecular weight is 344 g/mol. The molecule has 26 heavy (non-hydrogen) atoms. The molecule has 4 nitrogen and oxygen atoms in total. The Morgan fingerprint density at radius 1 is 0.885 bits per heavy atom. The summed E-state index contributed by atoms with van der Waals surface area (Å²) in [6.45, 7) is 0.478. The van der Waals surface area contributed by atoms with Gasteiger partial charge in [-0.05, 0) is 35.4 Å². The minimum absolute atomic E-state index is 0.0825. The molecule has 128 valence electrons.